The number of hydrogen-bond donors (Lipinski definition) is 1. The van der Waals surface area contributed by atoms with Crippen LogP contribution < -0.4 is 0 Å². The number of halogens is 1. The summed E-state index contributed by atoms with van der Waals surface area (Å²) >= 11 is 5.44. The van der Waals surface area contributed by atoms with Crippen LogP contribution in [0.1, 0.15) is 20.3 Å². The quantitative estimate of drug-likeness (QED) is 0.731. The van der Waals surface area contributed by atoms with E-state index in [1.165, 1.54) is 16.8 Å². The topological polar surface area (TPSA) is 77.9 Å². The third kappa shape index (κ3) is 3.42. The van der Waals surface area contributed by atoms with Crippen molar-refractivity contribution in [3.8, 4) is 0 Å². The van der Waals surface area contributed by atoms with Gasteiger partial charge >= 0.3 is 5.97 Å². The van der Waals surface area contributed by atoms with Crippen LogP contribution in [0.3, 0.4) is 0 Å². The Kier molecular flexibility index (Phi) is 5.80. The molecule has 1 aliphatic rings. The van der Waals surface area contributed by atoms with Crippen molar-refractivity contribution in [1.82, 2.24) is 9.80 Å². The van der Waals surface area contributed by atoms with E-state index in [1.54, 1.807) is 0 Å². The van der Waals surface area contributed by atoms with Crippen LogP contribution >= 0.6 is 11.6 Å². The van der Waals surface area contributed by atoms with Gasteiger partial charge in [-0.05, 0) is 5.92 Å². The lowest BCUT2D eigenvalue weighted by atomic mass is 9.94. The van der Waals surface area contributed by atoms with Crippen molar-refractivity contribution < 1.29 is 19.5 Å². The number of alkyl halides is 1. The molecule has 0 spiro atoms. The third-order valence-electron chi connectivity index (χ3n) is 3.90. The molecular formula is C13H21ClN2O4. The van der Waals surface area contributed by atoms with Crippen molar-refractivity contribution in [2.45, 2.75) is 26.3 Å². The fourth-order valence-corrected chi connectivity index (χ4v) is 2.53. The first-order chi connectivity index (χ1) is 9.33. The summed E-state index contributed by atoms with van der Waals surface area (Å²) < 4.78 is 0. The van der Waals surface area contributed by atoms with Gasteiger partial charge in [0.25, 0.3) is 0 Å². The summed E-state index contributed by atoms with van der Waals surface area (Å²) in [5.74, 6) is -1.96. The highest BCUT2D eigenvalue weighted by atomic mass is 35.5. The van der Waals surface area contributed by atoms with E-state index in [9.17, 15) is 19.5 Å². The Morgan fingerprint density at radius 1 is 1.40 bits per heavy atom. The molecule has 1 heterocycles. The molecule has 0 aromatic carbocycles. The van der Waals surface area contributed by atoms with E-state index >= 15 is 0 Å². The molecule has 2 atom stereocenters. The number of likely N-dealkylation sites (tertiary alicyclic amines) is 1. The van der Waals surface area contributed by atoms with Crippen LogP contribution in [0.4, 0.5) is 0 Å². The summed E-state index contributed by atoms with van der Waals surface area (Å²) in [7, 11) is 1.51. The van der Waals surface area contributed by atoms with E-state index in [-0.39, 0.29) is 29.5 Å². The number of rotatable bonds is 6. The van der Waals surface area contributed by atoms with Gasteiger partial charge in [0.1, 0.15) is 11.9 Å². The summed E-state index contributed by atoms with van der Waals surface area (Å²) in [4.78, 5) is 37.7. The average Bonchev–Trinajstić information content (AvgIpc) is 2.35. The molecule has 7 heteroatoms. The smallest absolute Gasteiger partial charge is 0.326 e. The van der Waals surface area contributed by atoms with Gasteiger partial charge in [-0.2, -0.15) is 0 Å². The fraction of sp³-hybridized carbons (Fsp3) is 0.769. The maximum Gasteiger partial charge on any atom is 0.326 e. The minimum atomic E-state index is -0.997. The van der Waals surface area contributed by atoms with Crippen LogP contribution in [0.15, 0.2) is 0 Å². The van der Waals surface area contributed by atoms with Crippen LogP contribution in [-0.4, -0.2) is 64.7 Å². The molecule has 1 fully saturated rings. The second-order valence-electron chi connectivity index (χ2n) is 5.25. The summed E-state index contributed by atoms with van der Waals surface area (Å²) in [6.07, 6.45) is 0.677. The number of carboxylic acids is 1. The molecule has 1 aliphatic heterocycles. The summed E-state index contributed by atoms with van der Waals surface area (Å²) in [5.41, 5.74) is 0. The van der Waals surface area contributed by atoms with Gasteiger partial charge in [0.15, 0.2) is 0 Å². The normalized spacial score (nSPS) is 18.1. The predicted molar refractivity (Wildman–Crippen MR) is 74.4 cm³/mol. The monoisotopic (exact) mass is 304 g/mol. The molecule has 1 saturated heterocycles. The molecule has 0 saturated carbocycles. The summed E-state index contributed by atoms with van der Waals surface area (Å²) in [5, 5.41) is 9.27. The number of aliphatic carboxylic acids is 1. The molecule has 0 radical (unpaired) electrons. The van der Waals surface area contributed by atoms with E-state index in [4.69, 9.17) is 11.6 Å². The molecule has 20 heavy (non-hydrogen) atoms. The van der Waals surface area contributed by atoms with E-state index in [0.29, 0.717) is 19.5 Å². The highest BCUT2D eigenvalue weighted by Crippen LogP contribution is 2.22. The first-order valence-corrected chi connectivity index (χ1v) is 7.20. The number of carbonyl (C=O) groups is 3. The van der Waals surface area contributed by atoms with Crippen molar-refractivity contribution in [2.75, 3.05) is 26.0 Å². The van der Waals surface area contributed by atoms with Crippen LogP contribution in [0.2, 0.25) is 0 Å². The van der Waals surface area contributed by atoms with Crippen molar-refractivity contribution in [3.05, 3.63) is 0 Å². The van der Waals surface area contributed by atoms with E-state index < -0.39 is 12.0 Å². The standard InChI is InChI=1S/C13H21ClN2O4/c1-4-8(2)11(13(19)20)15(3)12(18)9-6-16(7-9)10(17)5-14/h8-9,11H,4-7H2,1-3H3,(H,19,20)/t8-,11-/m0/s1. The molecule has 0 aliphatic carbocycles. The van der Waals surface area contributed by atoms with E-state index in [0.717, 1.165) is 0 Å². The fourth-order valence-electron chi connectivity index (χ4n) is 2.36. The number of likely N-dealkylation sites (N-methyl/N-ethyl adjacent to an activating group) is 1. The van der Waals surface area contributed by atoms with Crippen LogP contribution in [0, 0.1) is 11.8 Å². The molecule has 6 nitrogen and oxygen atoms in total. The summed E-state index contributed by atoms with van der Waals surface area (Å²) in [6, 6.07) is -0.828. The molecule has 1 N–H and O–H groups in total. The number of nitrogens with zero attached hydrogens (tertiary/aromatic N) is 2. The average molecular weight is 305 g/mol. The molecular weight excluding hydrogens is 284 g/mol. The predicted octanol–water partition coefficient (Wildman–Crippen LogP) is 0.641. The molecule has 0 aromatic rings. The molecule has 114 valence electrons. The van der Waals surface area contributed by atoms with Crippen molar-refractivity contribution in [1.29, 1.82) is 0 Å². The molecule has 0 bridgehead atoms. The lowest BCUT2D eigenvalue weighted by Crippen LogP contribution is -2.59. The maximum atomic E-state index is 12.2. The van der Waals surface area contributed by atoms with Gasteiger partial charge in [0.2, 0.25) is 11.8 Å². The van der Waals surface area contributed by atoms with Crippen molar-refractivity contribution in [2.24, 2.45) is 11.8 Å². The van der Waals surface area contributed by atoms with Gasteiger partial charge in [-0.25, -0.2) is 4.79 Å². The Balaban J connectivity index is 2.63. The first-order valence-electron chi connectivity index (χ1n) is 6.66. The van der Waals surface area contributed by atoms with Gasteiger partial charge in [-0.3, -0.25) is 9.59 Å². The highest BCUT2D eigenvalue weighted by molar-refractivity contribution is 6.27. The lowest BCUT2D eigenvalue weighted by molar-refractivity contribution is -0.157. The summed E-state index contributed by atoms with van der Waals surface area (Å²) in [6.45, 7) is 4.35. The highest BCUT2D eigenvalue weighted by Gasteiger charge is 2.40. The zero-order chi connectivity index (χ0) is 15.4. The Hall–Kier alpha value is -1.30. The molecule has 0 unspecified atom stereocenters. The molecule has 2 amide bonds. The maximum absolute atomic E-state index is 12.2. The minimum absolute atomic E-state index is 0.0959. The largest absolute Gasteiger partial charge is 0.480 e. The van der Waals surface area contributed by atoms with Gasteiger partial charge in [-0.1, -0.05) is 20.3 Å². The Labute approximate surface area is 123 Å². The third-order valence-corrected chi connectivity index (χ3v) is 4.13. The Bertz CT molecular complexity index is 396. The van der Waals surface area contributed by atoms with Crippen LogP contribution in [0.25, 0.3) is 0 Å². The van der Waals surface area contributed by atoms with Crippen molar-refractivity contribution in [3.63, 3.8) is 0 Å². The van der Waals surface area contributed by atoms with E-state index in [2.05, 4.69) is 0 Å². The zero-order valence-corrected chi connectivity index (χ0v) is 12.8. The van der Waals surface area contributed by atoms with Crippen molar-refractivity contribution >= 4 is 29.4 Å². The first kappa shape index (κ1) is 16.8. The van der Waals surface area contributed by atoms with Gasteiger partial charge in [-0.15, -0.1) is 11.6 Å². The second kappa shape index (κ2) is 6.92. The molecule has 1 rings (SSSR count). The SMILES string of the molecule is CC[C@H](C)[C@@H](C(=O)O)N(C)C(=O)C1CN(C(=O)CCl)C1. The van der Waals surface area contributed by atoms with Gasteiger partial charge < -0.3 is 14.9 Å². The minimum Gasteiger partial charge on any atom is -0.480 e. The number of carbonyl (C=O) groups excluding carboxylic acids is 2. The number of amides is 2. The van der Waals surface area contributed by atoms with E-state index in [1.807, 2.05) is 13.8 Å². The second-order valence-corrected chi connectivity index (χ2v) is 5.51. The van der Waals surface area contributed by atoms with Crippen LogP contribution in [0.5, 0.6) is 0 Å². The van der Waals surface area contributed by atoms with Gasteiger partial charge in [0.05, 0.1) is 5.92 Å². The van der Waals surface area contributed by atoms with Gasteiger partial charge in [0, 0.05) is 20.1 Å². The zero-order valence-electron chi connectivity index (χ0n) is 12.0. The van der Waals surface area contributed by atoms with Crippen LogP contribution in [-0.2, 0) is 14.4 Å². The lowest BCUT2D eigenvalue weighted by Gasteiger charge is -2.41. The Morgan fingerprint density at radius 3 is 2.35 bits per heavy atom. The Morgan fingerprint density at radius 2 is 1.95 bits per heavy atom. The molecule has 0 aromatic heterocycles. The number of hydrogen-bond acceptors (Lipinski definition) is 3. The number of carboxylic acid groups (broad SMARTS) is 1.